The van der Waals surface area contributed by atoms with Gasteiger partial charge in [-0.15, -0.1) is 0 Å². The molecule has 1 atom stereocenters. The van der Waals surface area contributed by atoms with Crippen LogP contribution in [0.25, 0.3) is 0 Å². The summed E-state index contributed by atoms with van der Waals surface area (Å²) in [7, 11) is 0. The number of nitrogens with one attached hydrogen (secondary N) is 1. The van der Waals surface area contributed by atoms with Crippen molar-refractivity contribution >= 4 is 0 Å². The fourth-order valence-electron chi connectivity index (χ4n) is 1.77. The molecule has 1 unspecified atom stereocenters. The smallest absolute Gasteiger partial charge is 0.138 e. The van der Waals surface area contributed by atoms with Crippen molar-refractivity contribution in [3.8, 4) is 0 Å². The predicted molar refractivity (Wildman–Crippen MR) is 58.2 cm³/mol. The van der Waals surface area contributed by atoms with E-state index in [1.54, 1.807) is 0 Å². The standard InChI is InChI=1S/C11H18N2O3/c1-8-11(9(2)16-13-8)6-12-5-10-7-14-3-4-15-10/h10,12H,3-7H2,1-2H3. The van der Waals surface area contributed by atoms with Crippen LogP contribution in [-0.2, 0) is 16.0 Å². The highest BCUT2D eigenvalue weighted by atomic mass is 16.6. The van der Waals surface area contributed by atoms with Gasteiger partial charge in [0.25, 0.3) is 0 Å². The second-order valence-electron chi connectivity index (χ2n) is 4.00. The Morgan fingerprint density at radius 3 is 2.88 bits per heavy atom. The van der Waals surface area contributed by atoms with E-state index in [9.17, 15) is 0 Å². The number of ether oxygens (including phenoxy) is 2. The van der Waals surface area contributed by atoms with Crippen molar-refractivity contribution in [2.45, 2.75) is 26.5 Å². The van der Waals surface area contributed by atoms with Crippen LogP contribution in [0, 0.1) is 13.8 Å². The lowest BCUT2D eigenvalue weighted by Crippen LogP contribution is -2.37. The van der Waals surface area contributed by atoms with Crippen LogP contribution in [0.3, 0.4) is 0 Å². The molecule has 0 aromatic carbocycles. The summed E-state index contributed by atoms with van der Waals surface area (Å²) in [6.07, 6.45) is 0.161. The maximum Gasteiger partial charge on any atom is 0.138 e. The van der Waals surface area contributed by atoms with E-state index < -0.39 is 0 Å². The molecule has 1 N–H and O–H groups in total. The van der Waals surface area contributed by atoms with E-state index in [-0.39, 0.29) is 6.10 Å². The summed E-state index contributed by atoms with van der Waals surface area (Å²) >= 11 is 0. The van der Waals surface area contributed by atoms with Crippen molar-refractivity contribution in [3.05, 3.63) is 17.0 Å². The minimum Gasteiger partial charge on any atom is -0.376 e. The summed E-state index contributed by atoms with van der Waals surface area (Å²) in [6.45, 7) is 7.52. The molecule has 1 saturated heterocycles. The molecule has 0 saturated carbocycles. The first-order valence-electron chi connectivity index (χ1n) is 5.59. The van der Waals surface area contributed by atoms with Crippen LogP contribution >= 0.6 is 0 Å². The Labute approximate surface area is 95.1 Å². The van der Waals surface area contributed by atoms with Gasteiger partial charge in [-0.3, -0.25) is 0 Å². The highest BCUT2D eigenvalue weighted by Crippen LogP contribution is 2.11. The van der Waals surface area contributed by atoms with Gasteiger partial charge in [-0.25, -0.2) is 0 Å². The van der Waals surface area contributed by atoms with Gasteiger partial charge >= 0.3 is 0 Å². The number of rotatable bonds is 4. The monoisotopic (exact) mass is 226 g/mol. The Morgan fingerprint density at radius 1 is 1.38 bits per heavy atom. The molecule has 0 bridgehead atoms. The molecule has 0 spiro atoms. The maximum atomic E-state index is 5.53. The van der Waals surface area contributed by atoms with Crippen LogP contribution in [-0.4, -0.2) is 37.6 Å². The number of hydrogen-bond acceptors (Lipinski definition) is 5. The van der Waals surface area contributed by atoms with Gasteiger partial charge in [-0.05, 0) is 13.8 Å². The Hall–Kier alpha value is -0.910. The maximum absolute atomic E-state index is 5.53. The molecule has 90 valence electrons. The van der Waals surface area contributed by atoms with E-state index in [0.29, 0.717) is 19.8 Å². The zero-order chi connectivity index (χ0) is 11.4. The Bertz CT molecular complexity index is 312. The topological polar surface area (TPSA) is 56.5 Å². The second-order valence-corrected chi connectivity index (χ2v) is 4.00. The van der Waals surface area contributed by atoms with Crippen LogP contribution in [0.4, 0.5) is 0 Å². The molecule has 0 amide bonds. The second kappa shape index (κ2) is 5.43. The van der Waals surface area contributed by atoms with Crippen LogP contribution in [0.1, 0.15) is 17.0 Å². The number of nitrogens with zero attached hydrogens (tertiary/aromatic N) is 1. The minimum atomic E-state index is 0.161. The Morgan fingerprint density at radius 2 is 2.25 bits per heavy atom. The third-order valence-corrected chi connectivity index (χ3v) is 2.74. The third kappa shape index (κ3) is 2.81. The van der Waals surface area contributed by atoms with Crippen LogP contribution < -0.4 is 5.32 Å². The molecule has 2 heterocycles. The van der Waals surface area contributed by atoms with Gasteiger partial charge in [0.15, 0.2) is 0 Å². The van der Waals surface area contributed by atoms with Gasteiger partial charge in [0, 0.05) is 18.7 Å². The Balaban J connectivity index is 1.75. The lowest BCUT2D eigenvalue weighted by molar-refractivity contribution is -0.0864. The van der Waals surface area contributed by atoms with E-state index in [4.69, 9.17) is 14.0 Å². The van der Waals surface area contributed by atoms with Gasteiger partial charge in [0.1, 0.15) is 5.76 Å². The number of aromatic nitrogens is 1. The molecule has 2 rings (SSSR count). The Kier molecular flexibility index (Phi) is 3.93. The van der Waals surface area contributed by atoms with Crippen LogP contribution in [0.2, 0.25) is 0 Å². The molecule has 1 fully saturated rings. The van der Waals surface area contributed by atoms with Crippen molar-refractivity contribution < 1.29 is 14.0 Å². The molecule has 0 radical (unpaired) electrons. The fraction of sp³-hybridized carbons (Fsp3) is 0.727. The van der Waals surface area contributed by atoms with Gasteiger partial charge < -0.3 is 19.3 Å². The normalized spacial score (nSPS) is 21.2. The van der Waals surface area contributed by atoms with Crippen LogP contribution in [0.15, 0.2) is 4.52 Å². The summed E-state index contributed by atoms with van der Waals surface area (Å²) in [5.74, 6) is 0.880. The predicted octanol–water partition coefficient (Wildman–Crippen LogP) is 0.796. The molecule has 0 aliphatic carbocycles. The van der Waals surface area contributed by atoms with Crippen molar-refractivity contribution in [2.24, 2.45) is 0 Å². The number of hydrogen-bond donors (Lipinski definition) is 1. The molecule has 1 aliphatic heterocycles. The van der Waals surface area contributed by atoms with Crippen LogP contribution in [0.5, 0.6) is 0 Å². The highest BCUT2D eigenvalue weighted by Gasteiger charge is 2.14. The number of aryl methyl sites for hydroxylation is 2. The summed E-state index contributed by atoms with van der Waals surface area (Å²) in [5.41, 5.74) is 2.09. The summed E-state index contributed by atoms with van der Waals surface area (Å²) in [6, 6.07) is 0. The van der Waals surface area contributed by atoms with E-state index in [1.165, 1.54) is 0 Å². The van der Waals surface area contributed by atoms with Gasteiger partial charge in [-0.2, -0.15) is 0 Å². The van der Waals surface area contributed by atoms with E-state index in [2.05, 4.69) is 10.5 Å². The van der Waals surface area contributed by atoms with Gasteiger partial charge in [0.05, 0.1) is 31.6 Å². The van der Waals surface area contributed by atoms with Crippen molar-refractivity contribution in [1.29, 1.82) is 0 Å². The lowest BCUT2D eigenvalue weighted by atomic mass is 10.2. The summed E-state index contributed by atoms with van der Waals surface area (Å²) in [4.78, 5) is 0. The van der Waals surface area contributed by atoms with E-state index in [1.807, 2.05) is 13.8 Å². The zero-order valence-electron chi connectivity index (χ0n) is 9.78. The molecule has 1 aromatic rings. The highest BCUT2D eigenvalue weighted by molar-refractivity contribution is 5.20. The summed E-state index contributed by atoms with van der Waals surface area (Å²) in [5, 5.41) is 7.24. The van der Waals surface area contributed by atoms with Crippen molar-refractivity contribution in [3.63, 3.8) is 0 Å². The first-order chi connectivity index (χ1) is 7.77. The zero-order valence-corrected chi connectivity index (χ0v) is 9.78. The van der Waals surface area contributed by atoms with Gasteiger partial charge in [0.2, 0.25) is 0 Å². The van der Waals surface area contributed by atoms with E-state index >= 15 is 0 Å². The molecule has 1 aromatic heterocycles. The first-order valence-corrected chi connectivity index (χ1v) is 5.59. The molecule has 1 aliphatic rings. The molecule has 16 heavy (non-hydrogen) atoms. The largest absolute Gasteiger partial charge is 0.376 e. The van der Waals surface area contributed by atoms with Crippen molar-refractivity contribution in [1.82, 2.24) is 10.5 Å². The minimum absolute atomic E-state index is 0.161. The quantitative estimate of drug-likeness (QED) is 0.822. The molecular weight excluding hydrogens is 208 g/mol. The lowest BCUT2D eigenvalue weighted by Gasteiger charge is -2.23. The molecule has 5 nitrogen and oxygen atoms in total. The first kappa shape index (κ1) is 11.6. The fourth-order valence-corrected chi connectivity index (χ4v) is 1.77. The molecular formula is C11H18N2O3. The SMILES string of the molecule is Cc1noc(C)c1CNCC1COCCO1. The third-order valence-electron chi connectivity index (χ3n) is 2.74. The van der Waals surface area contributed by atoms with Crippen molar-refractivity contribution in [2.75, 3.05) is 26.4 Å². The average molecular weight is 226 g/mol. The summed E-state index contributed by atoms with van der Waals surface area (Å²) < 4.78 is 15.9. The molecule has 5 heteroatoms. The van der Waals surface area contributed by atoms with Gasteiger partial charge in [-0.1, -0.05) is 5.16 Å². The average Bonchev–Trinajstić information content (AvgIpc) is 2.62. The van der Waals surface area contributed by atoms with E-state index in [0.717, 1.165) is 30.1 Å².